The van der Waals surface area contributed by atoms with Crippen molar-refractivity contribution in [1.82, 2.24) is 0 Å². The molecule has 0 saturated heterocycles. The van der Waals surface area contributed by atoms with Crippen LogP contribution < -0.4 is 11.1 Å². The van der Waals surface area contributed by atoms with Crippen molar-refractivity contribution in [2.24, 2.45) is 0 Å². The molecule has 0 aliphatic rings. The Morgan fingerprint density at radius 1 is 1.21 bits per heavy atom. The van der Waals surface area contributed by atoms with Gasteiger partial charge in [-0.15, -0.1) is 0 Å². The standard InChI is InChI=1S/C14H12Cl2N2O/c1-8-7-9(17)5-6-10(8)14(19)18-12-4-2-3-11(15)13(12)16/h2-7H,17H2,1H3,(H,18,19). The molecule has 1 amide bonds. The van der Waals surface area contributed by atoms with E-state index in [4.69, 9.17) is 28.9 Å². The maximum Gasteiger partial charge on any atom is 0.255 e. The highest BCUT2D eigenvalue weighted by Gasteiger charge is 2.12. The summed E-state index contributed by atoms with van der Waals surface area (Å²) >= 11 is 11.9. The molecule has 2 rings (SSSR count). The van der Waals surface area contributed by atoms with Gasteiger partial charge in [0, 0.05) is 11.3 Å². The Labute approximate surface area is 121 Å². The van der Waals surface area contributed by atoms with Crippen molar-refractivity contribution < 1.29 is 4.79 Å². The first-order chi connectivity index (χ1) is 8.99. The highest BCUT2D eigenvalue weighted by molar-refractivity contribution is 6.44. The summed E-state index contributed by atoms with van der Waals surface area (Å²) < 4.78 is 0. The predicted octanol–water partition coefficient (Wildman–Crippen LogP) is 4.14. The number of carbonyl (C=O) groups is 1. The second-order valence-electron chi connectivity index (χ2n) is 4.13. The first-order valence-corrected chi connectivity index (χ1v) is 6.36. The van der Waals surface area contributed by atoms with Gasteiger partial charge in [0.1, 0.15) is 0 Å². The van der Waals surface area contributed by atoms with E-state index in [0.29, 0.717) is 27.0 Å². The number of halogens is 2. The maximum atomic E-state index is 12.2. The predicted molar refractivity (Wildman–Crippen MR) is 80.0 cm³/mol. The fourth-order valence-electron chi connectivity index (χ4n) is 1.73. The van der Waals surface area contributed by atoms with E-state index in [1.807, 2.05) is 6.92 Å². The molecule has 0 heterocycles. The molecule has 2 aromatic carbocycles. The van der Waals surface area contributed by atoms with Gasteiger partial charge in [0.2, 0.25) is 0 Å². The van der Waals surface area contributed by atoms with E-state index in [1.54, 1.807) is 36.4 Å². The summed E-state index contributed by atoms with van der Waals surface area (Å²) in [5.41, 5.74) is 8.10. The molecule has 0 bridgehead atoms. The molecule has 0 aliphatic carbocycles. The Morgan fingerprint density at radius 3 is 2.63 bits per heavy atom. The summed E-state index contributed by atoms with van der Waals surface area (Å²) in [6.07, 6.45) is 0. The molecule has 0 radical (unpaired) electrons. The van der Waals surface area contributed by atoms with Gasteiger partial charge in [-0.05, 0) is 42.8 Å². The number of amides is 1. The van der Waals surface area contributed by atoms with Crippen LogP contribution in [0.2, 0.25) is 10.0 Å². The minimum absolute atomic E-state index is 0.248. The molecule has 2 aromatic rings. The van der Waals surface area contributed by atoms with Crippen LogP contribution in [0.4, 0.5) is 11.4 Å². The van der Waals surface area contributed by atoms with E-state index >= 15 is 0 Å². The van der Waals surface area contributed by atoms with Crippen molar-refractivity contribution in [2.45, 2.75) is 6.92 Å². The van der Waals surface area contributed by atoms with Gasteiger partial charge < -0.3 is 11.1 Å². The minimum Gasteiger partial charge on any atom is -0.399 e. The zero-order chi connectivity index (χ0) is 14.0. The van der Waals surface area contributed by atoms with Crippen LogP contribution in [-0.2, 0) is 0 Å². The Kier molecular flexibility index (Phi) is 3.98. The molecule has 3 nitrogen and oxygen atoms in total. The van der Waals surface area contributed by atoms with Gasteiger partial charge >= 0.3 is 0 Å². The number of nitrogens with one attached hydrogen (secondary N) is 1. The van der Waals surface area contributed by atoms with Crippen LogP contribution in [0.15, 0.2) is 36.4 Å². The minimum atomic E-state index is -0.248. The zero-order valence-corrected chi connectivity index (χ0v) is 11.7. The quantitative estimate of drug-likeness (QED) is 0.818. The zero-order valence-electron chi connectivity index (χ0n) is 10.2. The first-order valence-electron chi connectivity index (χ1n) is 5.60. The van der Waals surface area contributed by atoms with Crippen molar-refractivity contribution in [3.8, 4) is 0 Å². The molecular formula is C14H12Cl2N2O. The van der Waals surface area contributed by atoms with Gasteiger partial charge in [0.05, 0.1) is 15.7 Å². The second-order valence-corrected chi connectivity index (χ2v) is 4.92. The van der Waals surface area contributed by atoms with Crippen LogP contribution in [0, 0.1) is 6.92 Å². The van der Waals surface area contributed by atoms with E-state index in [1.165, 1.54) is 0 Å². The molecule has 5 heteroatoms. The van der Waals surface area contributed by atoms with Crippen molar-refractivity contribution in [3.63, 3.8) is 0 Å². The molecular weight excluding hydrogens is 283 g/mol. The molecule has 0 unspecified atom stereocenters. The molecule has 98 valence electrons. The van der Waals surface area contributed by atoms with Crippen LogP contribution in [0.25, 0.3) is 0 Å². The molecule has 0 saturated carbocycles. The van der Waals surface area contributed by atoms with Crippen molar-refractivity contribution in [3.05, 3.63) is 57.6 Å². The van der Waals surface area contributed by atoms with Gasteiger partial charge in [-0.3, -0.25) is 4.79 Å². The van der Waals surface area contributed by atoms with Crippen molar-refractivity contribution >= 4 is 40.5 Å². The lowest BCUT2D eigenvalue weighted by molar-refractivity contribution is 0.102. The fourth-order valence-corrected chi connectivity index (χ4v) is 2.08. The average Bonchev–Trinajstić information content (AvgIpc) is 2.34. The van der Waals surface area contributed by atoms with Gasteiger partial charge in [0.15, 0.2) is 0 Å². The van der Waals surface area contributed by atoms with Crippen LogP contribution in [0.1, 0.15) is 15.9 Å². The maximum absolute atomic E-state index is 12.2. The Morgan fingerprint density at radius 2 is 1.95 bits per heavy atom. The Balaban J connectivity index is 2.28. The third-order valence-electron chi connectivity index (χ3n) is 2.69. The highest BCUT2D eigenvalue weighted by Crippen LogP contribution is 2.30. The molecule has 0 aliphatic heterocycles. The lowest BCUT2D eigenvalue weighted by Crippen LogP contribution is -2.13. The summed E-state index contributed by atoms with van der Waals surface area (Å²) in [6, 6.07) is 10.2. The largest absolute Gasteiger partial charge is 0.399 e. The van der Waals surface area contributed by atoms with Gasteiger partial charge in [-0.1, -0.05) is 29.3 Å². The van der Waals surface area contributed by atoms with Crippen LogP contribution in [0.5, 0.6) is 0 Å². The normalized spacial score (nSPS) is 10.3. The molecule has 0 atom stereocenters. The summed E-state index contributed by atoms with van der Waals surface area (Å²) in [5, 5.41) is 3.45. The number of anilines is 2. The van der Waals surface area contributed by atoms with Crippen LogP contribution in [-0.4, -0.2) is 5.91 Å². The van der Waals surface area contributed by atoms with E-state index in [2.05, 4.69) is 5.32 Å². The number of benzene rings is 2. The summed E-state index contributed by atoms with van der Waals surface area (Å²) in [4.78, 5) is 12.2. The number of aryl methyl sites for hydroxylation is 1. The van der Waals surface area contributed by atoms with E-state index in [0.717, 1.165) is 5.56 Å². The first kappa shape index (κ1) is 13.7. The molecule has 3 N–H and O–H groups in total. The monoisotopic (exact) mass is 294 g/mol. The van der Waals surface area contributed by atoms with Crippen LogP contribution in [0.3, 0.4) is 0 Å². The molecule has 19 heavy (non-hydrogen) atoms. The third kappa shape index (κ3) is 3.00. The van der Waals surface area contributed by atoms with Crippen molar-refractivity contribution in [1.29, 1.82) is 0 Å². The highest BCUT2D eigenvalue weighted by atomic mass is 35.5. The molecule has 0 spiro atoms. The smallest absolute Gasteiger partial charge is 0.255 e. The number of rotatable bonds is 2. The number of hydrogen-bond acceptors (Lipinski definition) is 2. The van der Waals surface area contributed by atoms with Crippen molar-refractivity contribution in [2.75, 3.05) is 11.1 Å². The second kappa shape index (κ2) is 5.51. The fraction of sp³-hybridized carbons (Fsp3) is 0.0714. The average molecular weight is 295 g/mol. The number of hydrogen-bond donors (Lipinski definition) is 2. The van der Waals surface area contributed by atoms with Gasteiger partial charge in [0.25, 0.3) is 5.91 Å². The van der Waals surface area contributed by atoms with E-state index < -0.39 is 0 Å². The SMILES string of the molecule is Cc1cc(N)ccc1C(=O)Nc1cccc(Cl)c1Cl. The van der Waals surface area contributed by atoms with Crippen LogP contribution >= 0.6 is 23.2 Å². The molecule has 0 aromatic heterocycles. The van der Waals surface area contributed by atoms with E-state index in [-0.39, 0.29) is 5.91 Å². The van der Waals surface area contributed by atoms with Gasteiger partial charge in [-0.25, -0.2) is 0 Å². The number of nitrogen functional groups attached to an aromatic ring is 1. The lowest BCUT2D eigenvalue weighted by atomic mass is 10.1. The summed E-state index contributed by atoms with van der Waals surface area (Å²) in [7, 11) is 0. The Bertz CT molecular complexity index is 641. The number of carbonyl (C=O) groups excluding carboxylic acids is 1. The lowest BCUT2D eigenvalue weighted by Gasteiger charge is -2.10. The number of nitrogens with two attached hydrogens (primary N) is 1. The summed E-state index contributed by atoms with van der Waals surface area (Å²) in [5.74, 6) is -0.248. The van der Waals surface area contributed by atoms with Gasteiger partial charge in [-0.2, -0.15) is 0 Å². The Hall–Kier alpha value is -1.71. The summed E-state index contributed by atoms with van der Waals surface area (Å²) in [6.45, 7) is 1.82. The van der Waals surface area contributed by atoms with E-state index in [9.17, 15) is 4.79 Å². The third-order valence-corrected chi connectivity index (χ3v) is 3.51. The topological polar surface area (TPSA) is 55.1 Å². The molecule has 0 fully saturated rings.